The zero-order valence-corrected chi connectivity index (χ0v) is 14.0. The quantitative estimate of drug-likeness (QED) is 0.815. The van der Waals surface area contributed by atoms with E-state index < -0.39 is 0 Å². The monoisotopic (exact) mass is 356 g/mol. The van der Waals surface area contributed by atoms with Crippen molar-refractivity contribution < 1.29 is 4.39 Å². The number of thiazole rings is 1. The third-order valence-electron chi connectivity index (χ3n) is 3.03. The van der Waals surface area contributed by atoms with Gasteiger partial charge in [0.15, 0.2) is 0 Å². The number of benzene rings is 1. The first-order chi connectivity index (χ1) is 9.60. The maximum absolute atomic E-state index is 13.7. The number of rotatable bonds is 6. The van der Waals surface area contributed by atoms with Gasteiger partial charge in [0.05, 0.1) is 9.48 Å². The molecule has 0 radical (unpaired) electrons. The van der Waals surface area contributed by atoms with Crippen LogP contribution in [0.15, 0.2) is 28.1 Å². The van der Waals surface area contributed by atoms with Crippen LogP contribution in [0.25, 0.3) is 0 Å². The van der Waals surface area contributed by atoms with E-state index in [-0.39, 0.29) is 11.9 Å². The van der Waals surface area contributed by atoms with Gasteiger partial charge in [-0.3, -0.25) is 0 Å². The van der Waals surface area contributed by atoms with Crippen LogP contribution >= 0.6 is 27.3 Å². The molecule has 1 atom stereocenters. The van der Waals surface area contributed by atoms with Crippen molar-refractivity contribution in [3.8, 4) is 0 Å². The van der Waals surface area contributed by atoms with Crippen LogP contribution in [0, 0.1) is 12.7 Å². The van der Waals surface area contributed by atoms with Crippen molar-refractivity contribution in [2.75, 3.05) is 6.54 Å². The van der Waals surface area contributed by atoms with E-state index in [0.29, 0.717) is 4.47 Å². The molecule has 0 aliphatic carbocycles. The van der Waals surface area contributed by atoms with Crippen LogP contribution in [-0.4, -0.2) is 11.5 Å². The summed E-state index contributed by atoms with van der Waals surface area (Å²) in [5.41, 5.74) is 2.01. The Hall–Kier alpha value is -0.780. The van der Waals surface area contributed by atoms with Gasteiger partial charge in [0.1, 0.15) is 5.82 Å². The molecular weight excluding hydrogens is 339 g/mol. The standard InChI is InChI=1S/C15H18BrFN2S/c1-3-6-18-14(8-15-19-10(2)9-20-15)11-4-5-12(16)13(17)7-11/h4-5,7,9,14,18H,3,6,8H2,1-2H3. The highest BCUT2D eigenvalue weighted by Crippen LogP contribution is 2.24. The zero-order valence-electron chi connectivity index (χ0n) is 11.6. The molecule has 1 aromatic carbocycles. The summed E-state index contributed by atoms with van der Waals surface area (Å²) < 4.78 is 14.2. The van der Waals surface area contributed by atoms with Gasteiger partial charge in [-0.25, -0.2) is 9.37 Å². The van der Waals surface area contributed by atoms with Crippen molar-refractivity contribution in [3.63, 3.8) is 0 Å². The summed E-state index contributed by atoms with van der Waals surface area (Å²) in [7, 11) is 0. The van der Waals surface area contributed by atoms with E-state index >= 15 is 0 Å². The molecule has 5 heteroatoms. The molecule has 0 saturated carbocycles. The maximum atomic E-state index is 13.7. The lowest BCUT2D eigenvalue weighted by Gasteiger charge is -2.18. The first-order valence-corrected chi connectivity index (χ1v) is 8.36. The van der Waals surface area contributed by atoms with Crippen molar-refractivity contribution in [1.29, 1.82) is 0 Å². The molecule has 2 nitrogen and oxygen atoms in total. The number of nitrogens with one attached hydrogen (secondary N) is 1. The van der Waals surface area contributed by atoms with E-state index in [1.807, 2.05) is 18.4 Å². The molecule has 0 aliphatic heterocycles. The van der Waals surface area contributed by atoms with Gasteiger partial charge in [-0.15, -0.1) is 11.3 Å². The van der Waals surface area contributed by atoms with E-state index in [4.69, 9.17) is 0 Å². The summed E-state index contributed by atoms with van der Waals surface area (Å²) in [5, 5.41) is 6.61. The summed E-state index contributed by atoms with van der Waals surface area (Å²) in [5.74, 6) is -0.221. The summed E-state index contributed by atoms with van der Waals surface area (Å²) in [6, 6.07) is 5.42. The first kappa shape index (κ1) is 15.6. The summed E-state index contributed by atoms with van der Waals surface area (Å²) >= 11 is 4.85. The minimum atomic E-state index is -0.221. The Kier molecular flexibility index (Phi) is 5.69. The number of aromatic nitrogens is 1. The fourth-order valence-corrected chi connectivity index (χ4v) is 3.09. The molecule has 2 aromatic rings. The van der Waals surface area contributed by atoms with Gasteiger partial charge in [-0.2, -0.15) is 0 Å². The zero-order chi connectivity index (χ0) is 14.5. The Balaban J connectivity index is 2.19. The fraction of sp³-hybridized carbons (Fsp3) is 0.400. The van der Waals surface area contributed by atoms with Gasteiger partial charge < -0.3 is 5.32 Å². The van der Waals surface area contributed by atoms with Crippen molar-refractivity contribution in [1.82, 2.24) is 10.3 Å². The largest absolute Gasteiger partial charge is 0.310 e. The average Bonchev–Trinajstić information content (AvgIpc) is 2.83. The second-order valence-corrected chi connectivity index (χ2v) is 6.56. The highest BCUT2D eigenvalue weighted by molar-refractivity contribution is 9.10. The van der Waals surface area contributed by atoms with Gasteiger partial charge >= 0.3 is 0 Å². The van der Waals surface area contributed by atoms with Crippen LogP contribution < -0.4 is 5.32 Å². The molecular formula is C15H18BrFN2S. The third kappa shape index (κ3) is 4.11. The Labute approximate surface area is 131 Å². The molecule has 1 unspecified atom stereocenters. The molecule has 20 heavy (non-hydrogen) atoms. The highest BCUT2D eigenvalue weighted by atomic mass is 79.9. The molecule has 0 fully saturated rings. The summed E-state index contributed by atoms with van der Waals surface area (Å²) in [6.07, 6.45) is 1.84. The maximum Gasteiger partial charge on any atom is 0.137 e. The molecule has 0 saturated heterocycles. The Morgan fingerprint density at radius 2 is 2.25 bits per heavy atom. The van der Waals surface area contributed by atoms with Crippen LogP contribution in [0.1, 0.15) is 35.7 Å². The molecule has 0 aliphatic rings. The average molecular weight is 357 g/mol. The number of hydrogen-bond donors (Lipinski definition) is 1. The van der Waals surface area contributed by atoms with Crippen molar-refractivity contribution >= 4 is 27.3 Å². The van der Waals surface area contributed by atoms with Crippen molar-refractivity contribution in [2.45, 2.75) is 32.7 Å². The van der Waals surface area contributed by atoms with Gasteiger partial charge in [0.25, 0.3) is 0 Å². The molecule has 0 bridgehead atoms. The lowest BCUT2D eigenvalue weighted by Crippen LogP contribution is -2.24. The first-order valence-electron chi connectivity index (χ1n) is 6.69. The topological polar surface area (TPSA) is 24.9 Å². The number of halogens is 2. The highest BCUT2D eigenvalue weighted by Gasteiger charge is 2.15. The van der Waals surface area contributed by atoms with Gasteiger partial charge in [0.2, 0.25) is 0 Å². The van der Waals surface area contributed by atoms with E-state index in [1.54, 1.807) is 23.5 Å². The number of nitrogens with zero attached hydrogens (tertiary/aromatic N) is 1. The molecule has 1 N–H and O–H groups in total. The van der Waals surface area contributed by atoms with Crippen LogP contribution in [0.3, 0.4) is 0 Å². The Morgan fingerprint density at radius 1 is 1.45 bits per heavy atom. The van der Waals surface area contributed by atoms with Crippen LogP contribution in [-0.2, 0) is 6.42 Å². The summed E-state index contributed by atoms with van der Waals surface area (Å²) in [6.45, 7) is 5.03. The number of hydrogen-bond acceptors (Lipinski definition) is 3. The van der Waals surface area contributed by atoms with Gasteiger partial charge in [-0.05, 0) is 53.5 Å². The molecule has 2 rings (SSSR count). The van der Waals surface area contributed by atoms with Crippen LogP contribution in [0.5, 0.6) is 0 Å². The minimum Gasteiger partial charge on any atom is -0.310 e. The van der Waals surface area contributed by atoms with E-state index in [1.165, 1.54) is 0 Å². The fourth-order valence-electron chi connectivity index (χ4n) is 2.03. The molecule has 0 amide bonds. The van der Waals surface area contributed by atoms with Crippen LogP contribution in [0.2, 0.25) is 0 Å². The second-order valence-electron chi connectivity index (χ2n) is 4.77. The number of aryl methyl sites for hydroxylation is 1. The minimum absolute atomic E-state index is 0.100. The molecule has 1 heterocycles. The lowest BCUT2D eigenvalue weighted by molar-refractivity contribution is 0.522. The molecule has 1 aromatic heterocycles. The summed E-state index contributed by atoms with van der Waals surface area (Å²) in [4.78, 5) is 4.50. The smallest absolute Gasteiger partial charge is 0.137 e. The van der Waals surface area contributed by atoms with Gasteiger partial charge in [-0.1, -0.05) is 13.0 Å². The molecule has 0 spiro atoms. The Morgan fingerprint density at radius 3 is 2.85 bits per heavy atom. The third-order valence-corrected chi connectivity index (χ3v) is 4.66. The van der Waals surface area contributed by atoms with E-state index in [2.05, 4.69) is 33.2 Å². The predicted octanol–water partition coefficient (Wildman–Crippen LogP) is 4.64. The Bertz CT molecular complexity index is 571. The molecule has 108 valence electrons. The lowest BCUT2D eigenvalue weighted by atomic mass is 10.0. The van der Waals surface area contributed by atoms with E-state index in [9.17, 15) is 4.39 Å². The van der Waals surface area contributed by atoms with Crippen molar-refractivity contribution in [3.05, 3.63) is 50.1 Å². The van der Waals surface area contributed by atoms with Gasteiger partial charge in [0, 0.05) is 23.5 Å². The normalized spacial score (nSPS) is 12.6. The van der Waals surface area contributed by atoms with Crippen LogP contribution in [0.4, 0.5) is 4.39 Å². The second kappa shape index (κ2) is 7.29. The van der Waals surface area contributed by atoms with Crippen molar-refractivity contribution in [2.24, 2.45) is 0 Å². The predicted molar refractivity (Wildman–Crippen MR) is 85.7 cm³/mol. The van der Waals surface area contributed by atoms with E-state index in [0.717, 1.165) is 35.7 Å². The SMILES string of the molecule is CCCNC(Cc1nc(C)cs1)c1ccc(Br)c(F)c1.